The number of allylic oxidation sites excluding steroid dienone is 3. The Hall–Kier alpha value is -0.370. The first-order valence-corrected chi connectivity index (χ1v) is 5.69. The molecule has 0 atom stereocenters. The van der Waals surface area contributed by atoms with Crippen molar-refractivity contribution in [2.45, 2.75) is 25.7 Å². The van der Waals surface area contributed by atoms with Gasteiger partial charge in [-0.05, 0) is 25.7 Å². The van der Waals surface area contributed by atoms with Gasteiger partial charge in [0, 0.05) is 5.82 Å². The average molecular weight is 188 g/mol. The van der Waals surface area contributed by atoms with Gasteiger partial charge in [0.2, 0.25) is 0 Å². The molecule has 1 aliphatic rings. The summed E-state index contributed by atoms with van der Waals surface area (Å²) in [6.07, 6.45) is 7.86. The third-order valence-corrected chi connectivity index (χ3v) is 2.35. The maximum absolute atomic E-state index is 10.5. The molecule has 68 valence electrons. The summed E-state index contributed by atoms with van der Waals surface area (Å²) in [5, 5.41) is 0. The van der Waals surface area contributed by atoms with Crippen LogP contribution in [0.15, 0.2) is 23.5 Å². The largest absolute Gasteiger partial charge is 0.349 e. The summed E-state index contributed by atoms with van der Waals surface area (Å²) in [6, 6.07) is 0. The minimum absolute atomic E-state index is 0.941. The second-order valence-electron chi connectivity index (χ2n) is 2.93. The van der Waals surface area contributed by atoms with Crippen LogP contribution in [0.25, 0.3) is 0 Å². The van der Waals surface area contributed by atoms with E-state index in [0.29, 0.717) is 0 Å². The van der Waals surface area contributed by atoms with Crippen molar-refractivity contribution in [2.75, 3.05) is 0 Å². The molecule has 0 saturated carbocycles. The molecule has 0 amide bonds. The standard InChI is InChI=1S/C8H13O3P/c9-12(10,11)7-6-8-4-2-1-3-5-8/h4,6-7H,1-3,5H2,(H2,9,10,11)/b7-6+. The van der Waals surface area contributed by atoms with E-state index in [1.165, 1.54) is 6.42 Å². The highest BCUT2D eigenvalue weighted by molar-refractivity contribution is 7.55. The fourth-order valence-electron chi connectivity index (χ4n) is 1.21. The molecule has 1 rings (SSSR count). The van der Waals surface area contributed by atoms with Gasteiger partial charge in [-0.25, -0.2) is 0 Å². The topological polar surface area (TPSA) is 57.5 Å². The molecule has 0 bridgehead atoms. The molecule has 0 spiro atoms. The molecule has 0 heterocycles. The first kappa shape index (κ1) is 9.72. The van der Waals surface area contributed by atoms with Gasteiger partial charge in [0.05, 0.1) is 0 Å². The first-order chi connectivity index (χ1) is 5.58. The van der Waals surface area contributed by atoms with Gasteiger partial charge in [-0.1, -0.05) is 17.7 Å². The van der Waals surface area contributed by atoms with Crippen molar-refractivity contribution in [2.24, 2.45) is 0 Å². The highest BCUT2D eigenvalue weighted by Crippen LogP contribution is 2.37. The third-order valence-electron chi connectivity index (χ3n) is 1.81. The smallest absolute Gasteiger partial charge is 0.321 e. The number of hydrogen-bond donors (Lipinski definition) is 2. The second kappa shape index (κ2) is 4.04. The fourth-order valence-corrected chi connectivity index (χ4v) is 1.59. The Labute approximate surface area is 72.0 Å². The van der Waals surface area contributed by atoms with Gasteiger partial charge in [-0.15, -0.1) is 0 Å². The van der Waals surface area contributed by atoms with E-state index in [2.05, 4.69) is 0 Å². The Kier molecular flexibility index (Phi) is 3.27. The molecular formula is C8H13O3P. The molecule has 1 aliphatic carbocycles. The van der Waals surface area contributed by atoms with Gasteiger partial charge >= 0.3 is 7.60 Å². The lowest BCUT2D eigenvalue weighted by Crippen LogP contribution is -1.87. The van der Waals surface area contributed by atoms with Gasteiger partial charge in [0.1, 0.15) is 0 Å². The zero-order chi connectivity index (χ0) is 9.03. The Morgan fingerprint density at radius 2 is 2.17 bits per heavy atom. The van der Waals surface area contributed by atoms with Crippen molar-refractivity contribution < 1.29 is 14.4 Å². The van der Waals surface area contributed by atoms with Gasteiger partial charge in [0.25, 0.3) is 0 Å². The zero-order valence-electron chi connectivity index (χ0n) is 6.81. The predicted molar refractivity (Wildman–Crippen MR) is 47.7 cm³/mol. The van der Waals surface area contributed by atoms with Crippen LogP contribution in [0.4, 0.5) is 0 Å². The van der Waals surface area contributed by atoms with Crippen LogP contribution in [0, 0.1) is 0 Å². The van der Waals surface area contributed by atoms with Crippen LogP contribution < -0.4 is 0 Å². The van der Waals surface area contributed by atoms with E-state index in [-0.39, 0.29) is 0 Å². The van der Waals surface area contributed by atoms with Crippen LogP contribution in [0.5, 0.6) is 0 Å². The van der Waals surface area contributed by atoms with E-state index in [1.807, 2.05) is 6.08 Å². The number of rotatable bonds is 2. The normalized spacial score (nSPS) is 19.7. The maximum atomic E-state index is 10.5. The second-order valence-corrected chi connectivity index (χ2v) is 4.41. The zero-order valence-corrected chi connectivity index (χ0v) is 7.70. The lowest BCUT2D eigenvalue weighted by Gasteiger charge is -2.07. The Morgan fingerprint density at radius 1 is 1.42 bits per heavy atom. The molecule has 0 saturated heterocycles. The van der Waals surface area contributed by atoms with E-state index < -0.39 is 7.60 Å². The molecule has 0 aliphatic heterocycles. The molecule has 12 heavy (non-hydrogen) atoms. The van der Waals surface area contributed by atoms with Crippen LogP contribution in [-0.2, 0) is 4.57 Å². The maximum Gasteiger partial charge on any atom is 0.349 e. The van der Waals surface area contributed by atoms with E-state index >= 15 is 0 Å². The van der Waals surface area contributed by atoms with E-state index in [9.17, 15) is 4.57 Å². The quantitative estimate of drug-likeness (QED) is 0.653. The van der Waals surface area contributed by atoms with Gasteiger partial charge in [-0.2, -0.15) is 0 Å². The summed E-state index contributed by atoms with van der Waals surface area (Å²) >= 11 is 0. The monoisotopic (exact) mass is 188 g/mol. The molecule has 0 aromatic heterocycles. The third kappa shape index (κ3) is 3.86. The van der Waals surface area contributed by atoms with Crippen molar-refractivity contribution in [3.05, 3.63) is 23.5 Å². The summed E-state index contributed by atoms with van der Waals surface area (Å²) in [5.41, 5.74) is 1.05. The summed E-state index contributed by atoms with van der Waals surface area (Å²) in [4.78, 5) is 17.1. The van der Waals surface area contributed by atoms with Crippen LogP contribution >= 0.6 is 7.60 Å². The average Bonchev–Trinajstić information content (AvgIpc) is 2.02. The van der Waals surface area contributed by atoms with E-state index in [0.717, 1.165) is 30.7 Å². The van der Waals surface area contributed by atoms with Crippen LogP contribution in [0.1, 0.15) is 25.7 Å². The molecule has 4 heteroatoms. The van der Waals surface area contributed by atoms with E-state index in [4.69, 9.17) is 9.79 Å². The lowest BCUT2D eigenvalue weighted by atomic mass is 10.0. The summed E-state index contributed by atoms with van der Waals surface area (Å²) in [5.74, 6) is 0.976. The first-order valence-electron chi connectivity index (χ1n) is 4.01. The van der Waals surface area contributed by atoms with Crippen LogP contribution in [0.2, 0.25) is 0 Å². The summed E-state index contributed by atoms with van der Waals surface area (Å²) < 4.78 is 10.5. The Bertz CT molecular complexity index is 249. The molecule has 0 fully saturated rings. The summed E-state index contributed by atoms with van der Waals surface area (Å²) in [7, 11) is -3.95. The van der Waals surface area contributed by atoms with Crippen molar-refractivity contribution in [1.82, 2.24) is 0 Å². The molecule has 0 unspecified atom stereocenters. The van der Waals surface area contributed by atoms with Gasteiger partial charge < -0.3 is 9.79 Å². The van der Waals surface area contributed by atoms with Crippen molar-refractivity contribution >= 4 is 7.60 Å². The van der Waals surface area contributed by atoms with Crippen molar-refractivity contribution in [1.29, 1.82) is 0 Å². The fraction of sp³-hybridized carbons (Fsp3) is 0.500. The lowest BCUT2D eigenvalue weighted by molar-refractivity contribution is 0.386. The van der Waals surface area contributed by atoms with Crippen LogP contribution in [0.3, 0.4) is 0 Å². The molecular weight excluding hydrogens is 175 g/mol. The molecule has 0 aromatic rings. The molecule has 2 N–H and O–H groups in total. The Balaban J connectivity index is 2.55. The highest BCUT2D eigenvalue weighted by atomic mass is 31.2. The summed E-state index contributed by atoms with van der Waals surface area (Å²) in [6.45, 7) is 0. The minimum atomic E-state index is -3.95. The van der Waals surface area contributed by atoms with Gasteiger partial charge in [0.15, 0.2) is 0 Å². The Morgan fingerprint density at radius 3 is 2.67 bits per heavy atom. The molecule has 3 nitrogen and oxygen atoms in total. The van der Waals surface area contributed by atoms with Crippen LogP contribution in [-0.4, -0.2) is 9.79 Å². The van der Waals surface area contributed by atoms with Crippen molar-refractivity contribution in [3.8, 4) is 0 Å². The van der Waals surface area contributed by atoms with Gasteiger partial charge in [-0.3, -0.25) is 4.57 Å². The van der Waals surface area contributed by atoms with Crippen molar-refractivity contribution in [3.63, 3.8) is 0 Å². The number of hydrogen-bond acceptors (Lipinski definition) is 1. The minimum Gasteiger partial charge on any atom is -0.321 e. The predicted octanol–water partition coefficient (Wildman–Crippen LogP) is 2.18. The molecule has 0 aromatic carbocycles. The van der Waals surface area contributed by atoms with E-state index in [1.54, 1.807) is 6.08 Å². The molecule has 0 radical (unpaired) electrons. The highest BCUT2D eigenvalue weighted by Gasteiger charge is 2.06. The SMILES string of the molecule is O=P(O)(O)/C=C/C1=CCCCC1.